The lowest BCUT2D eigenvalue weighted by molar-refractivity contribution is -0.150. The second-order valence-electron chi connectivity index (χ2n) is 6.60. The Hall–Kier alpha value is -1.66. The molecule has 1 aromatic rings. The second-order valence-corrected chi connectivity index (χ2v) is 8.37. The summed E-state index contributed by atoms with van der Waals surface area (Å²) in [6, 6.07) is 6.62. The highest BCUT2D eigenvalue weighted by Gasteiger charge is 2.20. The molecule has 0 bridgehead atoms. The molecule has 0 saturated carbocycles. The zero-order valence-electron chi connectivity index (χ0n) is 15.0. The average molecular weight is 353 g/mol. The van der Waals surface area contributed by atoms with Gasteiger partial charge in [0.2, 0.25) is 10.0 Å². The highest BCUT2D eigenvalue weighted by Crippen LogP contribution is 2.14. The van der Waals surface area contributed by atoms with E-state index < -0.39 is 21.6 Å². The smallest absolute Gasteiger partial charge is 0.334 e. The van der Waals surface area contributed by atoms with Gasteiger partial charge in [-0.15, -0.1) is 0 Å². The Labute approximate surface area is 145 Å². The van der Waals surface area contributed by atoms with Gasteiger partial charge in [0.05, 0.1) is 4.90 Å². The predicted molar refractivity (Wildman–Crippen MR) is 95.2 cm³/mol. The summed E-state index contributed by atoms with van der Waals surface area (Å²) in [5, 5.41) is 0. The Bertz CT molecular complexity index is 683. The van der Waals surface area contributed by atoms with Crippen molar-refractivity contribution in [2.75, 3.05) is 6.54 Å². The van der Waals surface area contributed by atoms with Gasteiger partial charge in [0.15, 0.2) is 0 Å². The monoisotopic (exact) mass is 353 g/mol. The Morgan fingerprint density at radius 3 is 2.29 bits per heavy atom. The number of carbonyl (C=O) groups is 1. The average Bonchev–Trinajstić information content (AvgIpc) is 2.45. The first-order chi connectivity index (χ1) is 11.0. The molecule has 0 amide bonds. The molecule has 1 N–H and O–H groups in total. The van der Waals surface area contributed by atoms with E-state index in [1.807, 2.05) is 13.8 Å². The molecule has 0 spiro atoms. The Balaban J connectivity index is 2.70. The molecule has 0 aromatic heterocycles. The Kier molecular flexibility index (Phi) is 7.17. The van der Waals surface area contributed by atoms with Crippen LogP contribution >= 0.6 is 0 Å². The van der Waals surface area contributed by atoms with E-state index in [1.54, 1.807) is 51.1 Å². The molecule has 5 nitrogen and oxygen atoms in total. The van der Waals surface area contributed by atoms with E-state index in [1.165, 1.54) is 0 Å². The van der Waals surface area contributed by atoms with Gasteiger partial charge in [-0.05, 0) is 52.7 Å². The van der Waals surface area contributed by atoms with Crippen LogP contribution in [0.4, 0.5) is 0 Å². The second kappa shape index (κ2) is 8.44. The Morgan fingerprint density at radius 2 is 1.79 bits per heavy atom. The maximum absolute atomic E-state index is 12.2. The molecule has 0 atom stereocenters. The van der Waals surface area contributed by atoms with E-state index in [4.69, 9.17) is 4.74 Å². The van der Waals surface area contributed by atoms with Crippen LogP contribution in [0, 0.1) is 6.92 Å². The van der Waals surface area contributed by atoms with Gasteiger partial charge in [-0.1, -0.05) is 30.7 Å². The van der Waals surface area contributed by atoms with Gasteiger partial charge in [-0.3, -0.25) is 0 Å². The first-order valence-electron chi connectivity index (χ1n) is 8.04. The molecule has 1 aromatic carbocycles. The molecule has 0 aliphatic rings. The minimum absolute atomic E-state index is 0.140. The van der Waals surface area contributed by atoms with Crippen LogP contribution in [0.2, 0.25) is 0 Å². The summed E-state index contributed by atoms with van der Waals surface area (Å²) in [4.78, 5) is 12.4. The van der Waals surface area contributed by atoms with Gasteiger partial charge in [0, 0.05) is 12.1 Å². The zero-order chi connectivity index (χ0) is 18.4. The van der Waals surface area contributed by atoms with Gasteiger partial charge < -0.3 is 4.74 Å². The number of aryl methyl sites for hydroxylation is 1. The lowest BCUT2D eigenvalue weighted by Gasteiger charge is -2.20. The lowest BCUT2D eigenvalue weighted by Crippen LogP contribution is -2.28. The number of allylic oxidation sites excluding steroid dienone is 1. The highest BCUT2D eigenvalue weighted by molar-refractivity contribution is 7.89. The molecule has 134 valence electrons. The van der Waals surface area contributed by atoms with Crippen LogP contribution in [0.3, 0.4) is 0 Å². The van der Waals surface area contributed by atoms with Crippen molar-refractivity contribution in [2.45, 2.75) is 58.0 Å². The van der Waals surface area contributed by atoms with E-state index in [9.17, 15) is 13.2 Å². The van der Waals surface area contributed by atoms with Crippen molar-refractivity contribution in [3.8, 4) is 0 Å². The van der Waals surface area contributed by atoms with Crippen molar-refractivity contribution < 1.29 is 17.9 Å². The normalized spacial score (nSPS) is 13.0. The molecular weight excluding hydrogens is 326 g/mol. The van der Waals surface area contributed by atoms with Gasteiger partial charge >= 0.3 is 5.97 Å². The third kappa shape index (κ3) is 6.84. The molecule has 0 radical (unpaired) electrons. The van der Waals surface area contributed by atoms with Crippen molar-refractivity contribution >= 4 is 16.0 Å². The molecule has 0 saturated heterocycles. The first kappa shape index (κ1) is 20.4. The standard InChI is InChI=1S/C18H27NO4S/c1-6-7-15(17(20)23-18(3,4)5)12-13-19-24(21,22)16-10-8-14(2)9-11-16/h7-11,19H,6,12-13H2,1-5H3/b15-7+. The van der Waals surface area contributed by atoms with Crippen LogP contribution in [0.5, 0.6) is 0 Å². The Morgan fingerprint density at radius 1 is 1.21 bits per heavy atom. The first-order valence-corrected chi connectivity index (χ1v) is 9.52. The largest absolute Gasteiger partial charge is 0.457 e. The maximum atomic E-state index is 12.2. The number of hydrogen-bond donors (Lipinski definition) is 1. The number of ether oxygens (including phenoxy) is 1. The summed E-state index contributed by atoms with van der Waals surface area (Å²) in [6.45, 7) is 9.35. The maximum Gasteiger partial charge on any atom is 0.334 e. The van der Waals surface area contributed by atoms with E-state index in [2.05, 4.69) is 4.72 Å². The quantitative estimate of drug-likeness (QED) is 0.603. The van der Waals surface area contributed by atoms with E-state index in [0.29, 0.717) is 12.0 Å². The lowest BCUT2D eigenvalue weighted by atomic mass is 10.1. The van der Waals surface area contributed by atoms with Gasteiger partial charge in [0.1, 0.15) is 5.60 Å². The summed E-state index contributed by atoms with van der Waals surface area (Å²) in [5.74, 6) is -0.404. The molecule has 0 fully saturated rings. The van der Waals surface area contributed by atoms with Crippen LogP contribution in [0.1, 0.15) is 46.1 Å². The number of sulfonamides is 1. The summed E-state index contributed by atoms with van der Waals surface area (Å²) >= 11 is 0. The van der Waals surface area contributed by atoms with Crippen LogP contribution < -0.4 is 4.72 Å². The van der Waals surface area contributed by atoms with Crippen molar-refractivity contribution in [2.24, 2.45) is 0 Å². The molecule has 0 aliphatic carbocycles. The SMILES string of the molecule is CC/C=C(\CCNS(=O)(=O)c1ccc(C)cc1)C(=O)OC(C)(C)C. The fourth-order valence-electron chi connectivity index (χ4n) is 2.00. The fourth-order valence-corrected chi connectivity index (χ4v) is 3.03. The molecular formula is C18H27NO4S. The molecule has 6 heteroatoms. The van der Waals surface area contributed by atoms with E-state index in [-0.39, 0.29) is 17.9 Å². The van der Waals surface area contributed by atoms with Crippen molar-refractivity contribution in [1.29, 1.82) is 0 Å². The minimum atomic E-state index is -3.58. The van der Waals surface area contributed by atoms with Gasteiger partial charge in [0.25, 0.3) is 0 Å². The molecule has 0 aliphatic heterocycles. The molecule has 0 unspecified atom stereocenters. The molecule has 0 heterocycles. The zero-order valence-corrected chi connectivity index (χ0v) is 15.9. The number of hydrogen-bond acceptors (Lipinski definition) is 4. The minimum Gasteiger partial charge on any atom is -0.457 e. The van der Waals surface area contributed by atoms with Crippen molar-refractivity contribution in [3.63, 3.8) is 0 Å². The third-order valence-electron chi connectivity index (χ3n) is 3.13. The van der Waals surface area contributed by atoms with Crippen molar-refractivity contribution in [1.82, 2.24) is 4.72 Å². The van der Waals surface area contributed by atoms with Crippen LogP contribution in [-0.2, 0) is 19.6 Å². The summed E-state index contributed by atoms with van der Waals surface area (Å²) in [7, 11) is -3.58. The van der Waals surface area contributed by atoms with Gasteiger partial charge in [-0.25, -0.2) is 17.9 Å². The number of nitrogens with one attached hydrogen (secondary N) is 1. The summed E-state index contributed by atoms with van der Waals surface area (Å²) in [5.41, 5.74) is 0.900. The predicted octanol–water partition coefficient (Wildman–Crippen LogP) is 3.34. The third-order valence-corrected chi connectivity index (χ3v) is 4.61. The topological polar surface area (TPSA) is 72.5 Å². The van der Waals surface area contributed by atoms with Crippen molar-refractivity contribution in [3.05, 3.63) is 41.5 Å². The van der Waals surface area contributed by atoms with Crippen LogP contribution in [0.25, 0.3) is 0 Å². The molecule has 24 heavy (non-hydrogen) atoms. The highest BCUT2D eigenvalue weighted by atomic mass is 32.2. The molecule has 1 rings (SSSR count). The van der Waals surface area contributed by atoms with Crippen LogP contribution in [-0.4, -0.2) is 26.5 Å². The van der Waals surface area contributed by atoms with E-state index >= 15 is 0 Å². The summed E-state index contributed by atoms with van der Waals surface area (Å²) in [6.07, 6.45) is 2.74. The fraction of sp³-hybridized carbons (Fsp3) is 0.500. The number of carbonyl (C=O) groups excluding carboxylic acids is 1. The number of rotatable bonds is 7. The van der Waals surface area contributed by atoms with Crippen LogP contribution in [0.15, 0.2) is 40.8 Å². The number of esters is 1. The number of benzene rings is 1. The van der Waals surface area contributed by atoms with E-state index in [0.717, 1.165) is 5.56 Å². The summed E-state index contributed by atoms with van der Waals surface area (Å²) < 4.78 is 32.3. The van der Waals surface area contributed by atoms with Gasteiger partial charge in [-0.2, -0.15) is 0 Å².